The molecule has 1 aliphatic rings. The molecule has 0 saturated heterocycles. The summed E-state index contributed by atoms with van der Waals surface area (Å²) in [4.78, 5) is 12.1. The highest BCUT2D eigenvalue weighted by Gasteiger charge is 2.18. The Labute approximate surface area is 121 Å². The van der Waals surface area contributed by atoms with E-state index in [1.54, 1.807) is 12.1 Å². The zero-order valence-electron chi connectivity index (χ0n) is 11.8. The van der Waals surface area contributed by atoms with E-state index in [1.807, 2.05) is 13.0 Å². The average molecular weight is 288 g/mol. The highest BCUT2D eigenvalue weighted by Crippen LogP contribution is 2.24. The van der Waals surface area contributed by atoms with Gasteiger partial charge in [0, 0.05) is 12.2 Å². The van der Waals surface area contributed by atoms with Gasteiger partial charge in [0.15, 0.2) is 5.69 Å². The van der Waals surface area contributed by atoms with Crippen LogP contribution in [0.15, 0.2) is 18.2 Å². The molecule has 3 N–H and O–H groups in total. The van der Waals surface area contributed by atoms with Gasteiger partial charge in [-0.2, -0.15) is 5.10 Å². The first-order valence-corrected chi connectivity index (χ1v) is 7.05. The summed E-state index contributed by atoms with van der Waals surface area (Å²) >= 11 is 0. The second-order valence-corrected chi connectivity index (χ2v) is 5.08. The van der Waals surface area contributed by atoms with Crippen LogP contribution in [0.3, 0.4) is 0 Å². The fourth-order valence-corrected chi connectivity index (χ4v) is 2.48. The molecule has 0 bridgehead atoms. The number of amides is 1. The van der Waals surface area contributed by atoms with E-state index in [0.29, 0.717) is 18.5 Å². The van der Waals surface area contributed by atoms with Crippen molar-refractivity contribution in [3.8, 4) is 0 Å². The quantitative estimate of drug-likeness (QED) is 0.809. The Bertz CT molecular complexity index is 680. The van der Waals surface area contributed by atoms with Crippen LogP contribution in [0, 0.1) is 5.82 Å². The van der Waals surface area contributed by atoms with Gasteiger partial charge in [0.05, 0.1) is 5.69 Å². The summed E-state index contributed by atoms with van der Waals surface area (Å²) in [7, 11) is 0. The normalized spacial score (nSPS) is 13.8. The SMILES string of the molecule is CCc1cc(C(=O)Nc2ccc3c(c2F)CCNC3)n[nH]1. The molecule has 0 radical (unpaired) electrons. The standard InChI is InChI=1S/C15H17FN4O/c1-2-10-7-13(20-19-10)15(21)18-12-4-3-9-8-17-6-5-11(9)14(12)16/h3-4,7,17H,2,5-6,8H2,1H3,(H,18,21)(H,19,20). The van der Waals surface area contributed by atoms with Crippen LogP contribution in [0.2, 0.25) is 0 Å². The number of aryl methyl sites for hydroxylation is 1. The Kier molecular flexibility index (Phi) is 3.70. The van der Waals surface area contributed by atoms with Crippen LogP contribution in [0.4, 0.5) is 10.1 Å². The zero-order valence-corrected chi connectivity index (χ0v) is 11.8. The van der Waals surface area contributed by atoms with E-state index in [9.17, 15) is 9.18 Å². The molecule has 110 valence electrons. The highest BCUT2D eigenvalue weighted by molar-refractivity contribution is 6.03. The van der Waals surface area contributed by atoms with Crippen LogP contribution in [0.5, 0.6) is 0 Å². The molecule has 5 nitrogen and oxygen atoms in total. The summed E-state index contributed by atoms with van der Waals surface area (Å²) in [6.07, 6.45) is 1.40. The Morgan fingerprint density at radius 3 is 3.10 bits per heavy atom. The first kappa shape index (κ1) is 13.8. The van der Waals surface area contributed by atoms with Crippen molar-refractivity contribution < 1.29 is 9.18 Å². The molecule has 6 heteroatoms. The minimum atomic E-state index is -0.404. The second-order valence-electron chi connectivity index (χ2n) is 5.08. The predicted octanol–water partition coefficient (Wildman–Crippen LogP) is 2.01. The van der Waals surface area contributed by atoms with Crippen LogP contribution >= 0.6 is 0 Å². The molecule has 2 aromatic rings. The van der Waals surface area contributed by atoms with E-state index in [-0.39, 0.29) is 17.2 Å². The number of hydrogen-bond donors (Lipinski definition) is 3. The fraction of sp³-hybridized carbons (Fsp3) is 0.333. The Balaban J connectivity index is 1.83. The molecule has 0 aliphatic carbocycles. The molecular weight excluding hydrogens is 271 g/mol. The average Bonchev–Trinajstić information content (AvgIpc) is 2.99. The maximum absolute atomic E-state index is 14.4. The van der Waals surface area contributed by atoms with Crippen molar-refractivity contribution in [2.24, 2.45) is 0 Å². The Hall–Kier alpha value is -2.21. The number of carbonyl (C=O) groups is 1. The van der Waals surface area contributed by atoms with Crippen LogP contribution in [0.1, 0.15) is 34.2 Å². The van der Waals surface area contributed by atoms with Crippen LogP contribution in [0.25, 0.3) is 0 Å². The molecule has 0 spiro atoms. The molecule has 1 aromatic carbocycles. The number of halogens is 1. The lowest BCUT2D eigenvalue weighted by molar-refractivity contribution is 0.102. The largest absolute Gasteiger partial charge is 0.318 e. The summed E-state index contributed by atoms with van der Waals surface area (Å²) < 4.78 is 14.4. The van der Waals surface area contributed by atoms with Gasteiger partial charge in [-0.25, -0.2) is 4.39 Å². The topological polar surface area (TPSA) is 69.8 Å². The van der Waals surface area contributed by atoms with Crippen molar-refractivity contribution in [3.05, 3.63) is 46.5 Å². The van der Waals surface area contributed by atoms with Gasteiger partial charge in [0.1, 0.15) is 5.82 Å². The van der Waals surface area contributed by atoms with Gasteiger partial charge in [0.25, 0.3) is 5.91 Å². The lowest BCUT2D eigenvalue weighted by atomic mass is 9.99. The molecule has 0 saturated carbocycles. The molecule has 1 aromatic heterocycles. The number of hydrogen-bond acceptors (Lipinski definition) is 3. The van der Waals surface area contributed by atoms with Crippen molar-refractivity contribution in [1.29, 1.82) is 0 Å². The molecule has 2 heterocycles. The van der Waals surface area contributed by atoms with Gasteiger partial charge in [-0.1, -0.05) is 13.0 Å². The maximum Gasteiger partial charge on any atom is 0.276 e. The molecule has 3 rings (SSSR count). The summed E-state index contributed by atoms with van der Waals surface area (Å²) in [6, 6.07) is 5.13. The number of carbonyl (C=O) groups excluding carboxylic acids is 1. The third-order valence-corrected chi connectivity index (χ3v) is 3.70. The van der Waals surface area contributed by atoms with Gasteiger partial charge in [-0.3, -0.25) is 9.89 Å². The number of nitrogens with zero attached hydrogens (tertiary/aromatic N) is 1. The summed E-state index contributed by atoms with van der Waals surface area (Å²) in [6.45, 7) is 3.38. The number of H-pyrrole nitrogens is 1. The number of benzene rings is 1. The summed E-state index contributed by atoms with van der Waals surface area (Å²) in [5.74, 6) is -0.743. The minimum absolute atomic E-state index is 0.210. The van der Waals surface area contributed by atoms with Gasteiger partial charge in [-0.15, -0.1) is 0 Å². The molecule has 1 amide bonds. The first-order valence-electron chi connectivity index (χ1n) is 7.05. The van der Waals surface area contributed by atoms with Crippen molar-refractivity contribution in [3.63, 3.8) is 0 Å². The zero-order chi connectivity index (χ0) is 14.8. The molecule has 0 atom stereocenters. The second kappa shape index (κ2) is 5.65. The number of nitrogens with one attached hydrogen (secondary N) is 3. The molecule has 1 aliphatic heterocycles. The fourth-order valence-electron chi connectivity index (χ4n) is 2.48. The van der Waals surface area contributed by atoms with Crippen molar-refractivity contribution in [2.75, 3.05) is 11.9 Å². The van der Waals surface area contributed by atoms with Crippen LogP contribution in [-0.4, -0.2) is 22.6 Å². The minimum Gasteiger partial charge on any atom is -0.318 e. The third kappa shape index (κ3) is 2.67. The molecule has 21 heavy (non-hydrogen) atoms. The smallest absolute Gasteiger partial charge is 0.276 e. The predicted molar refractivity (Wildman–Crippen MR) is 77.7 cm³/mol. The van der Waals surface area contributed by atoms with E-state index in [0.717, 1.165) is 24.2 Å². The molecule has 0 fully saturated rings. The van der Waals surface area contributed by atoms with E-state index < -0.39 is 5.91 Å². The first-order chi connectivity index (χ1) is 10.2. The summed E-state index contributed by atoms with van der Waals surface area (Å²) in [5, 5.41) is 12.5. The van der Waals surface area contributed by atoms with Crippen LogP contribution in [-0.2, 0) is 19.4 Å². The van der Waals surface area contributed by atoms with Crippen molar-refractivity contribution in [1.82, 2.24) is 15.5 Å². The van der Waals surface area contributed by atoms with Gasteiger partial charge >= 0.3 is 0 Å². The van der Waals surface area contributed by atoms with E-state index >= 15 is 0 Å². The third-order valence-electron chi connectivity index (χ3n) is 3.70. The van der Waals surface area contributed by atoms with Gasteiger partial charge in [0.2, 0.25) is 0 Å². The number of anilines is 1. The lowest BCUT2D eigenvalue weighted by Crippen LogP contribution is -2.25. The monoisotopic (exact) mass is 288 g/mol. The molecular formula is C15H17FN4O. The Morgan fingerprint density at radius 2 is 2.33 bits per heavy atom. The number of rotatable bonds is 3. The maximum atomic E-state index is 14.4. The van der Waals surface area contributed by atoms with Gasteiger partial charge < -0.3 is 10.6 Å². The van der Waals surface area contributed by atoms with E-state index in [2.05, 4.69) is 20.8 Å². The summed E-state index contributed by atoms with van der Waals surface area (Å²) in [5.41, 5.74) is 2.98. The highest BCUT2D eigenvalue weighted by atomic mass is 19.1. The number of aromatic amines is 1. The number of aromatic nitrogens is 2. The van der Waals surface area contributed by atoms with E-state index in [1.165, 1.54) is 0 Å². The van der Waals surface area contributed by atoms with Crippen molar-refractivity contribution >= 4 is 11.6 Å². The van der Waals surface area contributed by atoms with Crippen molar-refractivity contribution in [2.45, 2.75) is 26.3 Å². The number of fused-ring (bicyclic) bond motifs is 1. The van der Waals surface area contributed by atoms with E-state index in [4.69, 9.17) is 0 Å². The lowest BCUT2D eigenvalue weighted by Gasteiger charge is -2.19. The van der Waals surface area contributed by atoms with Crippen LogP contribution < -0.4 is 10.6 Å². The Morgan fingerprint density at radius 1 is 1.48 bits per heavy atom. The van der Waals surface area contributed by atoms with Gasteiger partial charge in [-0.05, 0) is 42.6 Å². The molecule has 0 unspecified atom stereocenters.